The van der Waals surface area contributed by atoms with E-state index in [1.807, 2.05) is 37.3 Å². The zero-order valence-electron chi connectivity index (χ0n) is 15.8. The van der Waals surface area contributed by atoms with E-state index in [-0.39, 0.29) is 18.6 Å². The Bertz CT molecular complexity index is 1040. The minimum atomic E-state index is -0.499. The number of amides is 1. The molecule has 142 valence electrons. The first-order chi connectivity index (χ1) is 13.7. The van der Waals surface area contributed by atoms with E-state index in [2.05, 4.69) is 44.7 Å². The molecule has 0 unspecified atom stereocenters. The molecule has 5 rings (SSSR count). The number of morpholine rings is 1. The third-order valence-electron chi connectivity index (χ3n) is 5.93. The number of benzene rings is 2. The Kier molecular flexibility index (Phi) is 4.02. The Morgan fingerprint density at radius 1 is 1.07 bits per heavy atom. The summed E-state index contributed by atoms with van der Waals surface area (Å²) in [6.07, 6.45) is 0.598. The molecule has 2 aliphatic heterocycles. The van der Waals surface area contributed by atoms with Crippen molar-refractivity contribution in [1.29, 1.82) is 0 Å². The predicted molar refractivity (Wildman–Crippen MR) is 107 cm³/mol. The number of ether oxygens (including phenoxy) is 1. The van der Waals surface area contributed by atoms with E-state index in [4.69, 9.17) is 4.74 Å². The fourth-order valence-electron chi connectivity index (χ4n) is 4.51. The average molecular weight is 374 g/mol. The summed E-state index contributed by atoms with van der Waals surface area (Å²) in [5.74, 6) is 0.817. The Morgan fingerprint density at radius 3 is 2.64 bits per heavy atom. The van der Waals surface area contributed by atoms with Gasteiger partial charge in [-0.05, 0) is 18.9 Å². The number of fused-ring (bicyclic) bond motifs is 2. The third kappa shape index (κ3) is 2.64. The largest absolute Gasteiger partial charge is 0.364 e. The summed E-state index contributed by atoms with van der Waals surface area (Å²) in [6.45, 7) is 3.48. The van der Waals surface area contributed by atoms with Crippen LogP contribution < -0.4 is 10.2 Å². The fourth-order valence-corrected chi connectivity index (χ4v) is 4.51. The number of carbonyl (C=O) groups excluding carboxylic acids is 1. The highest BCUT2D eigenvalue weighted by atomic mass is 16.5. The maximum atomic E-state index is 12.2. The normalized spacial score (nSPS) is 24.7. The summed E-state index contributed by atoms with van der Waals surface area (Å²) < 4.78 is 6.04. The summed E-state index contributed by atoms with van der Waals surface area (Å²) in [5, 5.41) is 14.3. The van der Waals surface area contributed by atoms with Crippen LogP contribution in [0.25, 0.3) is 10.8 Å². The maximum absolute atomic E-state index is 12.2. The zero-order chi connectivity index (χ0) is 19.1. The van der Waals surface area contributed by atoms with Crippen LogP contribution in [0.1, 0.15) is 17.7 Å². The minimum absolute atomic E-state index is 0.0610. The van der Waals surface area contributed by atoms with Crippen molar-refractivity contribution in [3.63, 3.8) is 0 Å². The van der Waals surface area contributed by atoms with Crippen molar-refractivity contribution in [3.05, 3.63) is 65.9 Å². The van der Waals surface area contributed by atoms with Gasteiger partial charge in [-0.25, -0.2) is 0 Å². The number of nitrogens with one attached hydrogen (secondary N) is 1. The van der Waals surface area contributed by atoms with Gasteiger partial charge in [-0.1, -0.05) is 54.6 Å². The third-order valence-corrected chi connectivity index (χ3v) is 5.93. The van der Waals surface area contributed by atoms with Crippen molar-refractivity contribution in [2.75, 3.05) is 24.6 Å². The van der Waals surface area contributed by atoms with E-state index in [9.17, 15) is 4.79 Å². The summed E-state index contributed by atoms with van der Waals surface area (Å²) in [6, 6.07) is 18.4. The monoisotopic (exact) mass is 374 g/mol. The van der Waals surface area contributed by atoms with Crippen molar-refractivity contribution in [1.82, 2.24) is 15.5 Å². The number of nitrogens with zero attached hydrogens (tertiary/aromatic N) is 3. The van der Waals surface area contributed by atoms with Crippen molar-refractivity contribution in [3.8, 4) is 0 Å². The Hall–Kier alpha value is -2.99. The van der Waals surface area contributed by atoms with Gasteiger partial charge in [0.2, 0.25) is 5.91 Å². The van der Waals surface area contributed by atoms with Crippen LogP contribution in [0, 0.1) is 6.92 Å². The van der Waals surface area contributed by atoms with E-state index in [0.717, 1.165) is 40.8 Å². The minimum Gasteiger partial charge on any atom is -0.364 e. The van der Waals surface area contributed by atoms with Crippen LogP contribution >= 0.6 is 0 Å². The number of aryl methyl sites for hydroxylation is 1. The van der Waals surface area contributed by atoms with Gasteiger partial charge in [0.15, 0.2) is 5.82 Å². The van der Waals surface area contributed by atoms with E-state index >= 15 is 0 Å². The molecule has 6 nitrogen and oxygen atoms in total. The van der Waals surface area contributed by atoms with E-state index in [1.54, 1.807) is 0 Å². The smallest absolute Gasteiger partial charge is 0.246 e. The lowest BCUT2D eigenvalue weighted by molar-refractivity contribution is -0.146. The molecule has 2 fully saturated rings. The van der Waals surface area contributed by atoms with Crippen LogP contribution in [0.4, 0.5) is 5.82 Å². The van der Waals surface area contributed by atoms with E-state index < -0.39 is 5.54 Å². The highest BCUT2D eigenvalue weighted by Gasteiger charge is 2.49. The fraction of sp³-hybridized carbons (Fsp3) is 0.318. The first-order valence-electron chi connectivity index (χ1n) is 9.62. The lowest BCUT2D eigenvalue weighted by atomic mass is 9.77. The molecule has 6 heteroatoms. The summed E-state index contributed by atoms with van der Waals surface area (Å²) in [4.78, 5) is 14.4. The Balaban J connectivity index is 1.53. The second kappa shape index (κ2) is 6.56. The van der Waals surface area contributed by atoms with E-state index in [0.29, 0.717) is 6.54 Å². The quantitative estimate of drug-likeness (QED) is 0.747. The molecule has 2 aromatic carbocycles. The molecule has 3 heterocycles. The van der Waals surface area contributed by atoms with Crippen LogP contribution in [0.5, 0.6) is 0 Å². The topological polar surface area (TPSA) is 67.4 Å². The highest BCUT2D eigenvalue weighted by molar-refractivity contribution is 5.93. The lowest BCUT2D eigenvalue weighted by Crippen LogP contribution is -2.66. The van der Waals surface area contributed by atoms with Crippen molar-refractivity contribution in [2.45, 2.75) is 25.0 Å². The molecule has 0 aliphatic carbocycles. The molecule has 2 atom stereocenters. The molecular formula is C22H22N4O2. The number of hydrogen-bond acceptors (Lipinski definition) is 5. The van der Waals surface area contributed by atoms with Crippen LogP contribution in [0.2, 0.25) is 0 Å². The zero-order valence-corrected chi connectivity index (χ0v) is 15.8. The molecule has 0 saturated carbocycles. The van der Waals surface area contributed by atoms with Crippen molar-refractivity contribution >= 4 is 22.5 Å². The van der Waals surface area contributed by atoms with Gasteiger partial charge in [0, 0.05) is 23.9 Å². The second-order valence-electron chi connectivity index (χ2n) is 7.54. The van der Waals surface area contributed by atoms with E-state index in [1.165, 1.54) is 0 Å². The summed E-state index contributed by atoms with van der Waals surface area (Å²) >= 11 is 0. The summed E-state index contributed by atoms with van der Waals surface area (Å²) in [7, 11) is 0. The Labute approximate surface area is 163 Å². The van der Waals surface area contributed by atoms with Gasteiger partial charge in [-0.3, -0.25) is 4.79 Å². The van der Waals surface area contributed by atoms with Crippen LogP contribution in [-0.4, -0.2) is 41.9 Å². The molecule has 1 amide bonds. The number of carbonyl (C=O) groups is 1. The maximum Gasteiger partial charge on any atom is 0.246 e. The molecule has 1 aromatic heterocycles. The molecular weight excluding hydrogens is 352 g/mol. The van der Waals surface area contributed by atoms with Gasteiger partial charge in [-0.15, -0.1) is 5.10 Å². The van der Waals surface area contributed by atoms with Gasteiger partial charge in [0.1, 0.15) is 12.7 Å². The van der Waals surface area contributed by atoms with Gasteiger partial charge in [-0.2, -0.15) is 5.10 Å². The molecule has 3 aromatic rings. The number of hydrogen-bond donors (Lipinski definition) is 1. The highest BCUT2D eigenvalue weighted by Crippen LogP contribution is 2.39. The molecule has 0 bridgehead atoms. The number of anilines is 1. The average Bonchev–Trinajstić information content (AvgIpc) is 2.74. The van der Waals surface area contributed by atoms with Crippen LogP contribution in [-0.2, 0) is 15.1 Å². The first-order valence-corrected chi connectivity index (χ1v) is 9.62. The molecule has 0 spiro atoms. The van der Waals surface area contributed by atoms with Crippen molar-refractivity contribution in [2.24, 2.45) is 0 Å². The van der Waals surface area contributed by atoms with Crippen LogP contribution in [0.3, 0.4) is 0 Å². The van der Waals surface area contributed by atoms with Crippen LogP contribution in [0.15, 0.2) is 54.6 Å². The lowest BCUT2D eigenvalue weighted by Gasteiger charge is -2.50. The molecule has 2 saturated heterocycles. The van der Waals surface area contributed by atoms with Crippen molar-refractivity contribution < 1.29 is 9.53 Å². The second-order valence-corrected chi connectivity index (χ2v) is 7.54. The number of aromatic nitrogens is 2. The molecule has 2 aliphatic rings. The van der Waals surface area contributed by atoms with Gasteiger partial charge in [0.25, 0.3) is 0 Å². The number of piperidine rings is 1. The summed E-state index contributed by atoms with van der Waals surface area (Å²) in [5.41, 5.74) is 1.52. The van der Waals surface area contributed by atoms with Gasteiger partial charge in [0.05, 0.1) is 11.2 Å². The molecule has 0 radical (unpaired) electrons. The molecule has 28 heavy (non-hydrogen) atoms. The molecule has 1 N–H and O–H groups in total. The Morgan fingerprint density at radius 2 is 1.82 bits per heavy atom. The van der Waals surface area contributed by atoms with Gasteiger partial charge >= 0.3 is 0 Å². The SMILES string of the molecule is Cc1nnc(N2CC[C@@]3(c4ccccc4)NC(=O)CO[C@@H]3C2)c2ccccc12. The predicted octanol–water partition coefficient (Wildman–Crippen LogP) is 2.56. The van der Waals surface area contributed by atoms with Gasteiger partial charge < -0.3 is 15.0 Å². The standard InChI is InChI=1S/C22H22N4O2/c1-15-17-9-5-6-10-18(17)21(25-24-15)26-12-11-22(16-7-3-2-4-8-16)19(13-26)28-14-20(27)23-22/h2-10,19H,11-14H2,1H3,(H,23,27)/t19-,22+/m1/s1. The number of rotatable bonds is 2. The first kappa shape index (κ1) is 17.1.